The molecule has 0 aliphatic heterocycles. The number of hydrogen-bond acceptors (Lipinski definition) is 3. The molecule has 0 bridgehead atoms. The van der Waals surface area contributed by atoms with E-state index in [1.807, 2.05) is 0 Å². The lowest BCUT2D eigenvalue weighted by Crippen LogP contribution is -2.03. The molecule has 1 aromatic rings. The number of benzene rings is 1. The number of methoxy groups -OCH3 is 1. The van der Waals surface area contributed by atoms with Gasteiger partial charge in [0.1, 0.15) is 0 Å². The number of esters is 1. The van der Waals surface area contributed by atoms with E-state index in [9.17, 15) is 9.59 Å². The minimum Gasteiger partial charge on any atom is -0.478 e. The van der Waals surface area contributed by atoms with Gasteiger partial charge in [-0.1, -0.05) is 12.1 Å². The zero-order chi connectivity index (χ0) is 11.3. The molecule has 0 atom stereocenters. The van der Waals surface area contributed by atoms with Crippen LogP contribution in [0.5, 0.6) is 0 Å². The molecule has 0 spiro atoms. The predicted octanol–water partition coefficient (Wildman–Crippen LogP) is 1.49. The third-order valence-electron chi connectivity index (χ3n) is 2.02. The highest BCUT2D eigenvalue weighted by molar-refractivity contribution is 5.87. The van der Waals surface area contributed by atoms with E-state index < -0.39 is 5.97 Å². The number of rotatable bonds is 4. The fraction of sp³-hybridized carbons (Fsp3) is 0.273. The number of ether oxygens (including phenoxy) is 1. The lowest BCUT2D eigenvalue weighted by molar-refractivity contribution is -0.140. The minimum absolute atomic E-state index is 0.234. The third kappa shape index (κ3) is 3.42. The van der Waals surface area contributed by atoms with Crippen LogP contribution >= 0.6 is 0 Å². The molecule has 15 heavy (non-hydrogen) atoms. The van der Waals surface area contributed by atoms with Gasteiger partial charge in [-0.05, 0) is 24.1 Å². The average molecular weight is 208 g/mol. The van der Waals surface area contributed by atoms with Gasteiger partial charge in [-0.3, -0.25) is 4.79 Å². The summed E-state index contributed by atoms with van der Waals surface area (Å²) in [6.45, 7) is 0. The fourth-order valence-corrected chi connectivity index (χ4v) is 1.21. The summed E-state index contributed by atoms with van der Waals surface area (Å²) in [5.41, 5.74) is 1.05. The van der Waals surface area contributed by atoms with E-state index in [2.05, 4.69) is 4.74 Å². The molecule has 0 heterocycles. The Morgan fingerprint density at radius 1 is 1.40 bits per heavy atom. The van der Waals surface area contributed by atoms with Crippen LogP contribution < -0.4 is 0 Å². The summed E-state index contributed by atoms with van der Waals surface area (Å²) in [6.07, 6.45) is 0.757. The summed E-state index contributed by atoms with van der Waals surface area (Å²) in [5, 5.41) is 8.74. The zero-order valence-electron chi connectivity index (χ0n) is 8.40. The Bertz CT molecular complexity index is 371. The Labute approximate surface area is 87.5 Å². The molecule has 0 aliphatic carbocycles. The summed E-state index contributed by atoms with van der Waals surface area (Å²) >= 11 is 0. The molecule has 0 saturated heterocycles. The first kappa shape index (κ1) is 11.2. The van der Waals surface area contributed by atoms with Crippen LogP contribution in [0.25, 0.3) is 0 Å². The first-order valence-corrected chi connectivity index (χ1v) is 4.52. The summed E-state index contributed by atoms with van der Waals surface area (Å²) in [4.78, 5) is 21.5. The van der Waals surface area contributed by atoms with Crippen LogP contribution in [0, 0.1) is 0 Å². The van der Waals surface area contributed by atoms with Gasteiger partial charge in [-0.15, -0.1) is 0 Å². The molecule has 80 valence electrons. The van der Waals surface area contributed by atoms with Crippen molar-refractivity contribution in [3.63, 3.8) is 0 Å². The third-order valence-corrected chi connectivity index (χ3v) is 2.02. The van der Waals surface area contributed by atoms with Gasteiger partial charge in [0.05, 0.1) is 12.7 Å². The molecular weight excluding hydrogens is 196 g/mol. The normalized spacial score (nSPS) is 9.67. The number of carboxylic acids is 1. The second-order valence-corrected chi connectivity index (χ2v) is 3.08. The second-order valence-electron chi connectivity index (χ2n) is 3.08. The Hall–Kier alpha value is -1.84. The second kappa shape index (κ2) is 5.14. The van der Waals surface area contributed by atoms with Gasteiger partial charge in [0.2, 0.25) is 0 Å². The van der Waals surface area contributed by atoms with E-state index in [1.165, 1.54) is 13.2 Å². The van der Waals surface area contributed by atoms with Crippen molar-refractivity contribution in [2.75, 3.05) is 7.11 Å². The minimum atomic E-state index is -0.963. The van der Waals surface area contributed by atoms with Crippen LogP contribution in [0.3, 0.4) is 0 Å². The summed E-state index contributed by atoms with van der Waals surface area (Å²) in [6, 6.07) is 6.53. The molecule has 0 aromatic heterocycles. The first-order chi connectivity index (χ1) is 7.13. The molecule has 1 rings (SSSR count). The smallest absolute Gasteiger partial charge is 0.335 e. The Morgan fingerprint density at radius 2 is 2.13 bits per heavy atom. The molecular formula is C11H12O4. The summed E-state index contributed by atoms with van der Waals surface area (Å²) in [7, 11) is 1.33. The van der Waals surface area contributed by atoms with Crippen LogP contribution in [0.1, 0.15) is 22.3 Å². The van der Waals surface area contributed by atoms with E-state index >= 15 is 0 Å². The predicted molar refractivity (Wildman–Crippen MR) is 53.7 cm³/mol. The molecule has 4 heteroatoms. The van der Waals surface area contributed by atoms with Gasteiger partial charge in [-0.2, -0.15) is 0 Å². The lowest BCUT2D eigenvalue weighted by Gasteiger charge is -2.01. The number of hydrogen-bond donors (Lipinski definition) is 1. The Balaban J connectivity index is 2.66. The lowest BCUT2D eigenvalue weighted by atomic mass is 10.1. The van der Waals surface area contributed by atoms with Crippen molar-refractivity contribution in [1.82, 2.24) is 0 Å². The summed E-state index contributed by atoms with van der Waals surface area (Å²) in [5.74, 6) is -1.26. The topological polar surface area (TPSA) is 63.6 Å². The van der Waals surface area contributed by atoms with Gasteiger partial charge in [0.15, 0.2) is 0 Å². The number of carbonyl (C=O) groups is 2. The number of aryl methyl sites for hydroxylation is 1. The van der Waals surface area contributed by atoms with Crippen LogP contribution in [-0.2, 0) is 16.0 Å². The quantitative estimate of drug-likeness (QED) is 0.761. The van der Waals surface area contributed by atoms with Gasteiger partial charge >= 0.3 is 11.9 Å². The maximum absolute atomic E-state index is 10.9. The van der Waals surface area contributed by atoms with Crippen molar-refractivity contribution >= 4 is 11.9 Å². The van der Waals surface area contributed by atoms with E-state index in [1.54, 1.807) is 18.2 Å². The Kier molecular flexibility index (Phi) is 3.85. The SMILES string of the molecule is COC(=O)CCc1cccc(C(=O)O)c1. The first-order valence-electron chi connectivity index (χ1n) is 4.52. The molecule has 4 nitrogen and oxygen atoms in total. The highest BCUT2D eigenvalue weighted by Gasteiger charge is 2.05. The fourth-order valence-electron chi connectivity index (χ4n) is 1.21. The van der Waals surface area contributed by atoms with Gasteiger partial charge in [0.25, 0.3) is 0 Å². The van der Waals surface area contributed by atoms with Crippen LogP contribution in [-0.4, -0.2) is 24.2 Å². The molecule has 0 fully saturated rings. The maximum Gasteiger partial charge on any atom is 0.335 e. The molecule has 0 amide bonds. The summed E-state index contributed by atoms with van der Waals surface area (Å²) < 4.78 is 4.49. The van der Waals surface area contributed by atoms with Crippen LogP contribution in [0.2, 0.25) is 0 Å². The van der Waals surface area contributed by atoms with Crippen molar-refractivity contribution in [3.8, 4) is 0 Å². The van der Waals surface area contributed by atoms with Crippen molar-refractivity contribution in [2.24, 2.45) is 0 Å². The highest BCUT2D eigenvalue weighted by atomic mass is 16.5. The standard InChI is InChI=1S/C11H12O4/c1-15-10(12)6-5-8-3-2-4-9(7-8)11(13)14/h2-4,7H,5-6H2,1H3,(H,13,14). The maximum atomic E-state index is 10.9. The largest absolute Gasteiger partial charge is 0.478 e. The van der Waals surface area contributed by atoms with Gasteiger partial charge < -0.3 is 9.84 Å². The highest BCUT2D eigenvalue weighted by Crippen LogP contribution is 2.08. The zero-order valence-corrected chi connectivity index (χ0v) is 8.40. The van der Waals surface area contributed by atoms with Crippen LogP contribution in [0.4, 0.5) is 0 Å². The van der Waals surface area contributed by atoms with E-state index in [0.29, 0.717) is 6.42 Å². The molecule has 0 unspecified atom stereocenters. The van der Waals surface area contributed by atoms with Crippen molar-refractivity contribution < 1.29 is 19.4 Å². The van der Waals surface area contributed by atoms with Gasteiger partial charge in [-0.25, -0.2) is 4.79 Å². The van der Waals surface area contributed by atoms with Crippen molar-refractivity contribution in [1.29, 1.82) is 0 Å². The van der Waals surface area contributed by atoms with E-state index in [-0.39, 0.29) is 18.0 Å². The molecule has 1 N–H and O–H groups in total. The molecule has 0 saturated carbocycles. The Morgan fingerprint density at radius 3 is 2.73 bits per heavy atom. The van der Waals surface area contributed by atoms with Gasteiger partial charge in [0, 0.05) is 6.42 Å². The molecule has 0 radical (unpaired) electrons. The monoisotopic (exact) mass is 208 g/mol. The number of carbonyl (C=O) groups excluding carboxylic acids is 1. The van der Waals surface area contributed by atoms with E-state index in [4.69, 9.17) is 5.11 Å². The molecule has 1 aromatic carbocycles. The molecule has 0 aliphatic rings. The number of carboxylic acid groups (broad SMARTS) is 1. The number of aromatic carboxylic acids is 1. The van der Waals surface area contributed by atoms with Crippen molar-refractivity contribution in [2.45, 2.75) is 12.8 Å². The van der Waals surface area contributed by atoms with Crippen LogP contribution in [0.15, 0.2) is 24.3 Å². The van der Waals surface area contributed by atoms with E-state index in [0.717, 1.165) is 5.56 Å². The van der Waals surface area contributed by atoms with Crippen molar-refractivity contribution in [3.05, 3.63) is 35.4 Å². The average Bonchev–Trinajstić information content (AvgIpc) is 2.26.